The van der Waals surface area contributed by atoms with E-state index in [2.05, 4.69) is 38.2 Å². The van der Waals surface area contributed by atoms with Crippen LogP contribution in [0.4, 0.5) is 5.69 Å². The molecule has 0 fully saturated rings. The molecule has 0 saturated heterocycles. The average Bonchev–Trinajstić information content (AvgIpc) is 3.34. The molecule has 2 aromatic heterocycles. The Bertz CT molecular complexity index is 1610. The number of aromatic amines is 1. The maximum Gasteiger partial charge on any atom is 0.269 e. The van der Waals surface area contributed by atoms with Crippen molar-refractivity contribution < 1.29 is 9.59 Å². The van der Waals surface area contributed by atoms with Gasteiger partial charge in [0.05, 0.1) is 17.6 Å². The third kappa shape index (κ3) is 5.59. The zero-order chi connectivity index (χ0) is 28.2. The van der Waals surface area contributed by atoms with Gasteiger partial charge in [0.25, 0.3) is 5.91 Å². The summed E-state index contributed by atoms with van der Waals surface area (Å²) in [6.07, 6.45) is 4.46. The van der Waals surface area contributed by atoms with Gasteiger partial charge in [-0.25, -0.2) is 0 Å². The average molecular weight is 538 g/mol. The second-order valence-corrected chi connectivity index (χ2v) is 10.4. The summed E-state index contributed by atoms with van der Waals surface area (Å²) in [5.41, 5.74) is 7.00. The number of carbonyl (C=O) groups excluding carboxylic acids is 2. The lowest BCUT2D eigenvalue weighted by atomic mass is 9.94. The van der Waals surface area contributed by atoms with Gasteiger partial charge in [-0.1, -0.05) is 30.7 Å². The Morgan fingerprint density at radius 3 is 2.73 bits per heavy atom. The highest BCUT2D eigenvalue weighted by atomic mass is 16.2. The Labute approximate surface area is 233 Å². The van der Waals surface area contributed by atoms with Gasteiger partial charge in [-0.05, 0) is 43.2 Å². The summed E-state index contributed by atoms with van der Waals surface area (Å²) in [6.45, 7) is 9.17. The van der Waals surface area contributed by atoms with Crippen LogP contribution in [0.1, 0.15) is 31.5 Å². The van der Waals surface area contributed by atoms with Crippen molar-refractivity contribution in [2.75, 3.05) is 25.5 Å². The molecule has 1 aliphatic rings. The summed E-state index contributed by atoms with van der Waals surface area (Å²) < 4.78 is 0. The minimum Gasteiger partial charge on any atom is -0.384 e. The van der Waals surface area contributed by atoms with Gasteiger partial charge in [-0.15, -0.1) is 6.58 Å². The number of likely N-dealkylation sites (N-methyl/N-ethyl adjacent to an activating group) is 1. The first-order valence-corrected chi connectivity index (χ1v) is 13.6. The van der Waals surface area contributed by atoms with E-state index >= 15 is 0 Å². The summed E-state index contributed by atoms with van der Waals surface area (Å²) in [5.74, 6) is -0.628. The van der Waals surface area contributed by atoms with Crippen LogP contribution in [0.5, 0.6) is 0 Å². The zero-order valence-corrected chi connectivity index (χ0v) is 23.2. The second kappa shape index (κ2) is 11.7. The Balaban J connectivity index is 1.42. The number of rotatable bonds is 9. The van der Waals surface area contributed by atoms with E-state index in [9.17, 15) is 9.59 Å². The van der Waals surface area contributed by atoms with Crippen LogP contribution >= 0.6 is 0 Å². The summed E-state index contributed by atoms with van der Waals surface area (Å²) in [7, 11) is 1.61. The van der Waals surface area contributed by atoms with Crippen molar-refractivity contribution in [2.24, 2.45) is 10.9 Å². The first-order chi connectivity index (χ1) is 19.4. The molecule has 0 bridgehead atoms. The number of anilines is 1. The number of para-hydroxylation sites is 1. The van der Waals surface area contributed by atoms with Crippen molar-refractivity contribution in [1.82, 2.24) is 25.2 Å². The van der Waals surface area contributed by atoms with Crippen molar-refractivity contribution >= 4 is 45.1 Å². The quantitative estimate of drug-likeness (QED) is 0.218. The van der Waals surface area contributed by atoms with Crippen LogP contribution < -0.4 is 10.6 Å². The van der Waals surface area contributed by atoms with E-state index in [0.29, 0.717) is 38.2 Å². The second-order valence-electron chi connectivity index (χ2n) is 10.4. The molecule has 4 aromatic rings. The van der Waals surface area contributed by atoms with Crippen molar-refractivity contribution in [2.45, 2.75) is 39.3 Å². The Kier molecular flexibility index (Phi) is 7.91. The number of nitrogens with one attached hydrogen (secondary N) is 3. The fourth-order valence-electron chi connectivity index (χ4n) is 5.21. The van der Waals surface area contributed by atoms with Crippen LogP contribution in [0.25, 0.3) is 21.9 Å². The van der Waals surface area contributed by atoms with Gasteiger partial charge in [-0.3, -0.25) is 24.5 Å². The molecule has 0 spiro atoms. The maximum absolute atomic E-state index is 14.2. The topological polar surface area (TPSA) is 115 Å². The Morgan fingerprint density at radius 1 is 1.18 bits per heavy atom. The molecule has 3 N–H and O–H groups in total. The standard InChI is InChI=1S/C31H35N7O2/c1-19(2)11-12-35-29(20(3)17-36-21-9-10-25-26(15-21)34-14-13-33-25)31(40)38-18-27-23(16-28(38)30(39)32-4)22-7-5-6-8-24(22)37-27/h5-10,13-15,20,28,36-37H,1,11-12,16-18H2,2-4H3,(H,32,39). The van der Waals surface area contributed by atoms with E-state index < -0.39 is 6.04 Å². The largest absolute Gasteiger partial charge is 0.384 e. The summed E-state index contributed by atoms with van der Waals surface area (Å²) in [5, 5.41) is 7.28. The smallest absolute Gasteiger partial charge is 0.269 e. The highest BCUT2D eigenvalue weighted by molar-refractivity contribution is 6.40. The molecule has 3 heterocycles. The lowest BCUT2D eigenvalue weighted by Crippen LogP contribution is -2.54. The molecule has 2 amide bonds. The van der Waals surface area contributed by atoms with Gasteiger partial charge >= 0.3 is 0 Å². The minimum atomic E-state index is -0.630. The number of carbonyl (C=O) groups is 2. The number of nitrogens with zero attached hydrogens (tertiary/aromatic N) is 4. The molecule has 0 radical (unpaired) electrons. The molecule has 2 unspecified atom stereocenters. The van der Waals surface area contributed by atoms with E-state index in [1.807, 2.05) is 50.2 Å². The maximum atomic E-state index is 14.2. The van der Waals surface area contributed by atoms with Gasteiger partial charge in [-0.2, -0.15) is 0 Å². The summed E-state index contributed by atoms with van der Waals surface area (Å²) in [4.78, 5) is 45.9. The molecule has 0 saturated carbocycles. The Hall–Kier alpha value is -4.53. The van der Waals surface area contributed by atoms with Crippen LogP contribution in [0.3, 0.4) is 0 Å². The number of benzene rings is 2. The van der Waals surface area contributed by atoms with E-state index in [4.69, 9.17) is 4.99 Å². The SMILES string of the molecule is C=C(C)CCN=C(C(=O)N1Cc2[nH]c3ccccc3c2CC1C(=O)NC)C(C)CNc1ccc2nccnc2c1. The number of fused-ring (bicyclic) bond motifs is 4. The molecule has 0 aliphatic carbocycles. The molecule has 5 rings (SSSR count). The van der Waals surface area contributed by atoms with Gasteiger partial charge in [0.2, 0.25) is 5.91 Å². The predicted octanol–water partition coefficient (Wildman–Crippen LogP) is 4.27. The lowest BCUT2D eigenvalue weighted by molar-refractivity contribution is -0.137. The molecule has 2 atom stereocenters. The molecule has 40 heavy (non-hydrogen) atoms. The normalized spacial score (nSPS) is 16.0. The van der Waals surface area contributed by atoms with Crippen LogP contribution in [0.2, 0.25) is 0 Å². The summed E-state index contributed by atoms with van der Waals surface area (Å²) >= 11 is 0. The van der Waals surface area contributed by atoms with E-state index in [-0.39, 0.29) is 17.7 Å². The van der Waals surface area contributed by atoms with Crippen LogP contribution in [0, 0.1) is 5.92 Å². The molecule has 206 valence electrons. The van der Waals surface area contributed by atoms with Crippen molar-refractivity contribution in [3.63, 3.8) is 0 Å². The fraction of sp³-hybridized carbons (Fsp3) is 0.323. The Morgan fingerprint density at radius 2 is 1.95 bits per heavy atom. The number of hydrogen-bond acceptors (Lipinski definition) is 6. The predicted molar refractivity (Wildman–Crippen MR) is 159 cm³/mol. The van der Waals surface area contributed by atoms with Gasteiger partial charge in [0, 0.05) is 67.2 Å². The van der Waals surface area contributed by atoms with Gasteiger partial charge in [0.15, 0.2) is 0 Å². The van der Waals surface area contributed by atoms with Gasteiger partial charge in [0.1, 0.15) is 11.8 Å². The van der Waals surface area contributed by atoms with Crippen molar-refractivity contribution in [3.8, 4) is 0 Å². The lowest BCUT2D eigenvalue weighted by Gasteiger charge is -2.35. The van der Waals surface area contributed by atoms with E-state index in [1.54, 1.807) is 24.3 Å². The molecular formula is C31H35N7O2. The number of aromatic nitrogens is 3. The van der Waals surface area contributed by atoms with Crippen LogP contribution in [0.15, 0.2) is 72.0 Å². The zero-order valence-electron chi connectivity index (χ0n) is 23.2. The van der Waals surface area contributed by atoms with Crippen LogP contribution in [-0.4, -0.2) is 63.6 Å². The first-order valence-electron chi connectivity index (χ1n) is 13.6. The van der Waals surface area contributed by atoms with Crippen molar-refractivity contribution in [1.29, 1.82) is 0 Å². The van der Waals surface area contributed by atoms with Crippen molar-refractivity contribution in [3.05, 3.63) is 78.3 Å². The molecule has 2 aromatic carbocycles. The van der Waals surface area contributed by atoms with E-state index in [1.165, 1.54) is 0 Å². The fourth-order valence-corrected chi connectivity index (χ4v) is 5.21. The molecule has 9 nitrogen and oxygen atoms in total. The molecular weight excluding hydrogens is 502 g/mol. The van der Waals surface area contributed by atoms with E-state index in [0.717, 1.165) is 44.5 Å². The monoisotopic (exact) mass is 537 g/mol. The first kappa shape index (κ1) is 27.1. The number of hydrogen-bond donors (Lipinski definition) is 3. The number of amides is 2. The molecule has 9 heteroatoms. The summed E-state index contributed by atoms with van der Waals surface area (Å²) in [6, 6.07) is 13.2. The minimum absolute atomic E-state index is 0.186. The third-order valence-corrected chi connectivity index (χ3v) is 7.40. The number of aliphatic imine (C=N–C) groups is 1. The van der Waals surface area contributed by atoms with Crippen LogP contribution in [-0.2, 0) is 22.6 Å². The third-order valence-electron chi connectivity index (χ3n) is 7.40. The highest BCUT2D eigenvalue weighted by Gasteiger charge is 2.38. The highest BCUT2D eigenvalue weighted by Crippen LogP contribution is 2.31. The molecule has 1 aliphatic heterocycles. The van der Waals surface area contributed by atoms with Gasteiger partial charge < -0.3 is 20.5 Å². The number of H-pyrrole nitrogens is 1.